The minimum atomic E-state index is -3.55. The number of nitrogens with one attached hydrogen (secondary N) is 2. The van der Waals surface area contributed by atoms with Crippen LogP contribution in [-0.4, -0.2) is 71.6 Å². The smallest absolute Gasteiger partial charge is 0.410 e. The Morgan fingerprint density at radius 1 is 0.729 bits per heavy atom. The Balaban J connectivity index is 1.43. The van der Waals surface area contributed by atoms with Crippen molar-refractivity contribution in [2.45, 2.75) is 70.8 Å². The van der Waals surface area contributed by atoms with Crippen LogP contribution in [0, 0.1) is 0 Å². The van der Waals surface area contributed by atoms with Crippen LogP contribution < -0.4 is 21.2 Å². The highest BCUT2D eigenvalue weighted by atomic mass is 31.2. The van der Waals surface area contributed by atoms with Crippen LogP contribution in [0.2, 0.25) is 0 Å². The van der Waals surface area contributed by atoms with Crippen molar-refractivity contribution in [1.29, 1.82) is 0 Å². The van der Waals surface area contributed by atoms with Gasteiger partial charge in [-0.2, -0.15) is 0 Å². The highest BCUT2D eigenvalue weighted by Crippen LogP contribution is 2.54. The van der Waals surface area contributed by atoms with Crippen LogP contribution in [0.15, 0.2) is 78.9 Å². The molecule has 0 aliphatic carbocycles. The monoisotopic (exact) mass is 672 g/mol. The number of hydrogen-bond donors (Lipinski definition) is 2. The Hall–Kier alpha value is -4.43. The zero-order valence-electron chi connectivity index (χ0n) is 27.7. The Morgan fingerprint density at radius 3 is 1.79 bits per heavy atom. The summed E-state index contributed by atoms with van der Waals surface area (Å²) in [6, 6.07) is 22.2. The first-order valence-corrected chi connectivity index (χ1v) is 18.7. The second-order valence-corrected chi connectivity index (χ2v) is 15.3. The molecule has 2 fully saturated rings. The quantitative estimate of drug-likeness (QED) is 0.260. The summed E-state index contributed by atoms with van der Waals surface area (Å²) in [5.41, 5.74) is 1.77. The molecule has 10 nitrogen and oxygen atoms in total. The summed E-state index contributed by atoms with van der Waals surface area (Å²) in [4.78, 5) is 56.0. The van der Waals surface area contributed by atoms with E-state index in [4.69, 9.17) is 4.74 Å². The van der Waals surface area contributed by atoms with Gasteiger partial charge in [0.05, 0.1) is 5.78 Å². The van der Waals surface area contributed by atoms with Crippen molar-refractivity contribution >= 4 is 41.6 Å². The van der Waals surface area contributed by atoms with Crippen molar-refractivity contribution in [1.82, 2.24) is 20.4 Å². The molecule has 2 saturated heterocycles. The molecular formula is C37H45N4O6P. The number of nitrogens with zero attached hydrogens (tertiary/aromatic N) is 2. The number of likely N-dealkylation sites (tertiary alicyclic amines) is 2. The lowest BCUT2D eigenvalue weighted by Crippen LogP contribution is -2.50. The molecule has 11 heteroatoms. The summed E-state index contributed by atoms with van der Waals surface area (Å²) >= 11 is 0. The van der Waals surface area contributed by atoms with Gasteiger partial charge < -0.3 is 24.8 Å². The summed E-state index contributed by atoms with van der Waals surface area (Å²) in [5.74, 6) is -1.32. The number of benzene rings is 3. The predicted molar refractivity (Wildman–Crippen MR) is 186 cm³/mol. The van der Waals surface area contributed by atoms with Crippen molar-refractivity contribution < 1.29 is 28.5 Å². The minimum Gasteiger partial charge on any atom is -0.445 e. The Morgan fingerprint density at radius 2 is 1.25 bits per heavy atom. The molecule has 1 unspecified atom stereocenters. The third kappa shape index (κ3) is 7.65. The maximum absolute atomic E-state index is 15.6. The Kier molecular flexibility index (Phi) is 11.7. The third-order valence-electron chi connectivity index (χ3n) is 9.00. The van der Waals surface area contributed by atoms with Crippen LogP contribution in [0.3, 0.4) is 0 Å². The molecule has 2 aliphatic rings. The van der Waals surface area contributed by atoms with Gasteiger partial charge in [0.15, 0.2) is 7.14 Å². The van der Waals surface area contributed by atoms with E-state index in [9.17, 15) is 19.2 Å². The second kappa shape index (κ2) is 16.1. The molecule has 254 valence electrons. The topological polar surface area (TPSA) is 125 Å². The van der Waals surface area contributed by atoms with E-state index in [0.717, 1.165) is 18.4 Å². The van der Waals surface area contributed by atoms with Crippen LogP contribution in [0.4, 0.5) is 4.79 Å². The SMILES string of the molecule is CCCNC(=O)c1ccc(P(=O)(c2ccc(C(=O)NCCC)cc2)C2CCCN2C(=O)[C@@H]2CCCN2C(=O)OCc2ccccc2)cc1. The lowest BCUT2D eigenvalue weighted by atomic mass is 10.2. The van der Waals surface area contributed by atoms with Crippen LogP contribution >= 0.6 is 7.14 Å². The first-order valence-electron chi connectivity index (χ1n) is 16.9. The fourth-order valence-electron chi connectivity index (χ4n) is 6.46. The molecule has 2 aliphatic heterocycles. The molecule has 48 heavy (non-hydrogen) atoms. The first-order chi connectivity index (χ1) is 23.3. The third-order valence-corrected chi connectivity index (χ3v) is 12.5. The molecule has 0 aromatic heterocycles. The maximum Gasteiger partial charge on any atom is 0.410 e. The van der Waals surface area contributed by atoms with Gasteiger partial charge in [0.1, 0.15) is 12.6 Å². The van der Waals surface area contributed by atoms with Crippen molar-refractivity contribution in [3.63, 3.8) is 0 Å². The fraction of sp³-hybridized carbons (Fsp3) is 0.405. The number of hydrogen-bond acceptors (Lipinski definition) is 6. The largest absolute Gasteiger partial charge is 0.445 e. The van der Waals surface area contributed by atoms with Gasteiger partial charge in [-0.3, -0.25) is 19.3 Å². The van der Waals surface area contributed by atoms with Crippen LogP contribution in [0.25, 0.3) is 0 Å². The van der Waals surface area contributed by atoms with E-state index in [1.807, 2.05) is 44.2 Å². The number of carbonyl (C=O) groups excluding carboxylic acids is 4. The number of carbonyl (C=O) groups is 4. The van der Waals surface area contributed by atoms with Gasteiger partial charge in [0.25, 0.3) is 11.8 Å². The molecule has 0 bridgehead atoms. The second-order valence-electron chi connectivity index (χ2n) is 12.3. The van der Waals surface area contributed by atoms with Gasteiger partial charge in [0.2, 0.25) is 5.91 Å². The van der Waals surface area contributed by atoms with Crippen molar-refractivity contribution in [2.24, 2.45) is 0 Å². The van der Waals surface area contributed by atoms with E-state index in [0.29, 0.717) is 73.6 Å². The zero-order chi connectivity index (χ0) is 34.1. The van der Waals surface area contributed by atoms with Crippen molar-refractivity contribution in [2.75, 3.05) is 26.2 Å². The molecule has 2 heterocycles. The summed E-state index contributed by atoms with van der Waals surface area (Å²) in [5, 5.41) is 6.78. The standard InChI is InChI=1S/C37H45N4O6P/c1-3-22-38-34(42)28-14-18-30(19-15-28)48(46,31-20-16-29(17-21-31)35(43)39-23-4-2)33-13-9-25-41(33)36(44)32-12-8-24-40(32)37(45)47-26-27-10-6-5-7-11-27/h5-7,10-11,14-21,32-33H,3-4,8-9,12-13,22-26H2,1-2H3,(H,38,42)(H,39,43)/t32-,33?/m0/s1. The lowest BCUT2D eigenvalue weighted by molar-refractivity contribution is -0.135. The van der Waals surface area contributed by atoms with Crippen LogP contribution in [0.1, 0.15) is 78.7 Å². The highest BCUT2D eigenvalue weighted by molar-refractivity contribution is 7.79. The first kappa shape index (κ1) is 34.9. The highest BCUT2D eigenvalue weighted by Gasteiger charge is 2.48. The average molecular weight is 673 g/mol. The van der Waals surface area contributed by atoms with Gasteiger partial charge in [-0.1, -0.05) is 68.4 Å². The van der Waals surface area contributed by atoms with E-state index >= 15 is 4.57 Å². The normalized spacial score (nSPS) is 17.6. The number of amides is 4. The van der Waals surface area contributed by atoms with Gasteiger partial charge in [-0.05, 0) is 68.4 Å². The molecule has 0 spiro atoms. The van der Waals surface area contributed by atoms with Gasteiger partial charge in [-0.15, -0.1) is 0 Å². The van der Waals surface area contributed by atoms with E-state index in [2.05, 4.69) is 10.6 Å². The predicted octanol–water partition coefficient (Wildman–Crippen LogP) is 5.03. The molecule has 4 amide bonds. The van der Waals surface area contributed by atoms with E-state index in [1.54, 1.807) is 53.4 Å². The molecule has 0 radical (unpaired) electrons. The molecule has 5 rings (SSSR count). The van der Waals surface area contributed by atoms with E-state index in [-0.39, 0.29) is 24.3 Å². The minimum absolute atomic E-state index is 0.109. The molecular weight excluding hydrogens is 627 g/mol. The molecule has 3 aromatic carbocycles. The van der Waals surface area contributed by atoms with E-state index in [1.165, 1.54) is 4.90 Å². The molecule has 3 aromatic rings. The zero-order valence-corrected chi connectivity index (χ0v) is 28.6. The number of rotatable bonds is 12. The van der Waals surface area contributed by atoms with Crippen molar-refractivity contribution in [3.05, 3.63) is 95.6 Å². The Labute approximate surface area is 282 Å². The lowest BCUT2D eigenvalue weighted by Gasteiger charge is -2.35. The maximum atomic E-state index is 15.6. The van der Waals surface area contributed by atoms with Gasteiger partial charge in [0, 0.05) is 47.9 Å². The number of ether oxygens (including phenoxy) is 1. The van der Waals surface area contributed by atoms with Crippen LogP contribution in [-0.2, 0) is 20.7 Å². The summed E-state index contributed by atoms with van der Waals surface area (Å²) in [7, 11) is -3.55. The average Bonchev–Trinajstić information content (AvgIpc) is 3.83. The van der Waals surface area contributed by atoms with Crippen molar-refractivity contribution in [3.8, 4) is 0 Å². The fourth-order valence-corrected chi connectivity index (χ4v) is 9.80. The molecule has 2 N–H and O–H groups in total. The van der Waals surface area contributed by atoms with Crippen LogP contribution in [0.5, 0.6) is 0 Å². The molecule has 2 atom stereocenters. The summed E-state index contributed by atoms with van der Waals surface area (Å²) < 4.78 is 21.2. The molecule has 0 saturated carbocycles. The van der Waals surface area contributed by atoms with E-state index < -0.39 is 25.1 Å². The van der Waals surface area contributed by atoms with Gasteiger partial charge >= 0.3 is 6.09 Å². The summed E-state index contributed by atoms with van der Waals surface area (Å²) in [6.45, 7) is 5.98. The Bertz CT molecular complexity index is 1560. The summed E-state index contributed by atoms with van der Waals surface area (Å²) in [6.07, 6.45) is 3.39. The van der Waals surface area contributed by atoms with Gasteiger partial charge in [-0.25, -0.2) is 4.79 Å².